The predicted octanol–water partition coefficient (Wildman–Crippen LogP) is 4.53. The molecule has 0 amide bonds. The summed E-state index contributed by atoms with van der Waals surface area (Å²) in [4.78, 5) is 4.46. The second-order valence-electron chi connectivity index (χ2n) is 4.51. The molecule has 0 unspecified atom stereocenters. The number of hydrogen-bond donors (Lipinski definition) is 1. The summed E-state index contributed by atoms with van der Waals surface area (Å²) in [7, 11) is 0. The molecular weight excluding hydrogens is 336 g/mol. The van der Waals surface area contributed by atoms with Crippen LogP contribution in [-0.4, -0.2) is 4.98 Å². The lowest BCUT2D eigenvalue weighted by Gasteiger charge is -2.09. The number of benzene rings is 2. The fourth-order valence-corrected chi connectivity index (χ4v) is 3.07. The Morgan fingerprint density at radius 2 is 2.00 bits per heavy atom. The molecule has 0 aliphatic heterocycles. The molecule has 1 aromatic heterocycles. The van der Waals surface area contributed by atoms with E-state index in [0.29, 0.717) is 18.0 Å². The van der Waals surface area contributed by atoms with E-state index >= 15 is 0 Å². The van der Waals surface area contributed by atoms with Crippen molar-refractivity contribution < 1.29 is 4.74 Å². The molecule has 3 rings (SSSR count). The molecule has 102 valence electrons. The van der Waals surface area contributed by atoms with Crippen molar-refractivity contribution in [1.82, 2.24) is 4.98 Å². The Kier molecular flexibility index (Phi) is 3.63. The highest BCUT2D eigenvalue weighted by Gasteiger charge is 2.07. The smallest absolute Gasteiger partial charge is 0.144 e. The number of nitrogens with zero attached hydrogens (tertiary/aromatic N) is 1. The number of hydrogen-bond acceptors (Lipinski definition) is 4. The third-order valence-corrected chi connectivity index (χ3v) is 4.40. The molecule has 1 heterocycles. The molecule has 3 nitrogen and oxygen atoms in total. The van der Waals surface area contributed by atoms with Gasteiger partial charge in [0.25, 0.3) is 0 Å². The third kappa shape index (κ3) is 2.78. The SMILES string of the molecule is Cc1nc2cc(OCc3ccc(Br)cc3)c(N)cc2s1. The number of fused-ring (bicyclic) bond motifs is 1. The van der Waals surface area contributed by atoms with Crippen molar-refractivity contribution in [3.05, 3.63) is 51.4 Å². The van der Waals surface area contributed by atoms with Crippen LogP contribution in [0, 0.1) is 6.92 Å². The Bertz CT molecular complexity index is 752. The molecule has 5 heteroatoms. The van der Waals surface area contributed by atoms with Crippen molar-refractivity contribution in [2.45, 2.75) is 13.5 Å². The molecule has 2 N–H and O–H groups in total. The van der Waals surface area contributed by atoms with Gasteiger partial charge in [0.1, 0.15) is 12.4 Å². The molecule has 0 aliphatic rings. The van der Waals surface area contributed by atoms with E-state index in [1.165, 1.54) is 0 Å². The van der Waals surface area contributed by atoms with Crippen molar-refractivity contribution in [2.24, 2.45) is 0 Å². The van der Waals surface area contributed by atoms with Crippen molar-refractivity contribution in [2.75, 3.05) is 5.73 Å². The van der Waals surface area contributed by atoms with E-state index < -0.39 is 0 Å². The molecular formula is C15H13BrN2OS. The highest BCUT2D eigenvalue weighted by atomic mass is 79.9. The van der Waals surface area contributed by atoms with E-state index in [-0.39, 0.29) is 0 Å². The van der Waals surface area contributed by atoms with E-state index in [1.54, 1.807) is 11.3 Å². The van der Waals surface area contributed by atoms with Crippen LogP contribution in [0.25, 0.3) is 10.2 Å². The number of aromatic nitrogens is 1. The average Bonchev–Trinajstić information content (AvgIpc) is 2.77. The number of nitrogen functional groups attached to an aromatic ring is 1. The molecule has 0 spiro atoms. The predicted molar refractivity (Wildman–Crippen MR) is 87.2 cm³/mol. The van der Waals surface area contributed by atoms with Gasteiger partial charge in [-0.2, -0.15) is 0 Å². The summed E-state index contributed by atoms with van der Waals surface area (Å²) in [5.41, 5.74) is 8.72. The summed E-state index contributed by atoms with van der Waals surface area (Å²) < 4.78 is 7.95. The first kappa shape index (κ1) is 13.4. The number of ether oxygens (including phenoxy) is 1. The first-order valence-corrected chi connectivity index (χ1v) is 7.77. The van der Waals surface area contributed by atoms with Crippen LogP contribution in [0.4, 0.5) is 5.69 Å². The standard InChI is InChI=1S/C15H13BrN2OS/c1-9-18-13-7-14(12(17)6-15(13)20-9)19-8-10-2-4-11(16)5-3-10/h2-7H,8,17H2,1H3. The van der Waals surface area contributed by atoms with Gasteiger partial charge >= 0.3 is 0 Å². The zero-order valence-electron chi connectivity index (χ0n) is 10.9. The van der Waals surface area contributed by atoms with Gasteiger partial charge in [-0.25, -0.2) is 4.98 Å². The second kappa shape index (κ2) is 5.42. The van der Waals surface area contributed by atoms with Crippen molar-refractivity contribution >= 4 is 43.2 Å². The number of thiazole rings is 1. The summed E-state index contributed by atoms with van der Waals surface area (Å²) in [6.45, 7) is 2.48. The topological polar surface area (TPSA) is 48.1 Å². The largest absolute Gasteiger partial charge is 0.487 e. The van der Waals surface area contributed by atoms with Gasteiger partial charge in [-0.3, -0.25) is 0 Å². The number of aryl methyl sites for hydroxylation is 1. The average molecular weight is 349 g/mol. The Hall–Kier alpha value is -1.59. The van der Waals surface area contributed by atoms with Crippen LogP contribution < -0.4 is 10.5 Å². The van der Waals surface area contributed by atoms with Gasteiger partial charge in [-0.15, -0.1) is 11.3 Å². The van der Waals surface area contributed by atoms with Gasteiger partial charge in [-0.05, 0) is 30.7 Å². The molecule has 0 aliphatic carbocycles. The zero-order valence-corrected chi connectivity index (χ0v) is 13.3. The summed E-state index contributed by atoms with van der Waals surface area (Å²) in [6.07, 6.45) is 0. The zero-order chi connectivity index (χ0) is 14.1. The lowest BCUT2D eigenvalue weighted by Crippen LogP contribution is -1.98. The van der Waals surface area contributed by atoms with Gasteiger partial charge in [0, 0.05) is 10.5 Å². The fraction of sp³-hybridized carbons (Fsp3) is 0.133. The quantitative estimate of drug-likeness (QED) is 0.707. The summed E-state index contributed by atoms with van der Waals surface area (Å²) in [5, 5.41) is 1.03. The lowest BCUT2D eigenvalue weighted by molar-refractivity contribution is 0.308. The molecule has 2 aromatic carbocycles. The minimum Gasteiger partial charge on any atom is -0.487 e. The van der Waals surface area contributed by atoms with Crippen LogP contribution in [0.15, 0.2) is 40.9 Å². The maximum atomic E-state index is 6.03. The highest BCUT2D eigenvalue weighted by Crippen LogP contribution is 2.31. The van der Waals surface area contributed by atoms with Crippen LogP contribution in [0.3, 0.4) is 0 Å². The summed E-state index contributed by atoms with van der Waals surface area (Å²) in [6, 6.07) is 11.9. The normalized spacial score (nSPS) is 10.9. The minimum absolute atomic E-state index is 0.492. The van der Waals surface area contributed by atoms with Gasteiger partial charge in [0.05, 0.1) is 20.9 Å². The van der Waals surface area contributed by atoms with Crippen LogP contribution in [-0.2, 0) is 6.61 Å². The molecule has 0 atom stereocenters. The maximum absolute atomic E-state index is 6.03. The first-order valence-electron chi connectivity index (χ1n) is 6.16. The molecule has 0 saturated carbocycles. The van der Waals surface area contributed by atoms with E-state index in [2.05, 4.69) is 20.9 Å². The van der Waals surface area contributed by atoms with Crippen LogP contribution in [0.1, 0.15) is 10.6 Å². The minimum atomic E-state index is 0.492. The van der Waals surface area contributed by atoms with Gasteiger partial charge in [0.2, 0.25) is 0 Å². The molecule has 3 aromatic rings. The maximum Gasteiger partial charge on any atom is 0.144 e. The van der Waals surface area contributed by atoms with E-state index in [4.69, 9.17) is 10.5 Å². The van der Waals surface area contributed by atoms with Crippen LogP contribution >= 0.6 is 27.3 Å². The van der Waals surface area contributed by atoms with Crippen molar-refractivity contribution in [1.29, 1.82) is 0 Å². The Morgan fingerprint density at radius 1 is 1.25 bits per heavy atom. The second-order valence-corrected chi connectivity index (χ2v) is 6.66. The molecule has 0 bridgehead atoms. The number of rotatable bonds is 3. The summed E-state index contributed by atoms with van der Waals surface area (Å²) >= 11 is 5.05. The molecule has 0 saturated heterocycles. The number of nitrogens with two attached hydrogens (primary N) is 1. The van der Waals surface area contributed by atoms with Crippen LogP contribution in [0.2, 0.25) is 0 Å². The Balaban J connectivity index is 1.83. The van der Waals surface area contributed by atoms with Gasteiger partial charge in [0.15, 0.2) is 0 Å². The lowest BCUT2D eigenvalue weighted by atomic mass is 10.2. The Morgan fingerprint density at radius 3 is 2.75 bits per heavy atom. The highest BCUT2D eigenvalue weighted by molar-refractivity contribution is 9.10. The van der Waals surface area contributed by atoms with Crippen molar-refractivity contribution in [3.8, 4) is 5.75 Å². The monoisotopic (exact) mass is 348 g/mol. The summed E-state index contributed by atoms with van der Waals surface area (Å²) in [5.74, 6) is 0.686. The van der Waals surface area contributed by atoms with Crippen molar-refractivity contribution in [3.63, 3.8) is 0 Å². The fourth-order valence-electron chi connectivity index (χ4n) is 1.95. The third-order valence-electron chi connectivity index (χ3n) is 2.93. The van der Waals surface area contributed by atoms with E-state index in [1.807, 2.05) is 43.3 Å². The first-order chi connectivity index (χ1) is 9.61. The molecule has 0 fully saturated rings. The van der Waals surface area contributed by atoms with Crippen LogP contribution in [0.5, 0.6) is 5.75 Å². The Labute approximate surface area is 129 Å². The number of halogens is 1. The van der Waals surface area contributed by atoms with E-state index in [0.717, 1.165) is 25.3 Å². The van der Waals surface area contributed by atoms with Gasteiger partial charge in [-0.1, -0.05) is 28.1 Å². The van der Waals surface area contributed by atoms with E-state index in [9.17, 15) is 0 Å². The van der Waals surface area contributed by atoms with Gasteiger partial charge < -0.3 is 10.5 Å². The molecule has 20 heavy (non-hydrogen) atoms. The molecule has 0 radical (unpaired) electrons. The number of anilines is 1.